The molecule has 1 heterocycles. The Morgan fingerprint density at radius 1 is 1.22 bits per heavy atom. The fourth-order valence-corrected chi connectivity index (χ4v) is 5.53. The first-order chi connectivity index (χ1) is 17.5. The molecule has 0 spiro atoms. The van der Waals surface area contributed by atoms with E-state index in [0.717, 1.165) is 18.4 Å². The van der Waals surface area contributed by atoms with E-state index in [1.165, 1.54) is 11.4 Å². The van der Waals surface area contributed by atoms with Crippen LogP contribution in [-0.4, -0.2) is 73.4 Å². The number of aliphatic hydroxyl groups excluding tert-OH is 1. The summed E-state index contributed by atoms with van der Waals surface area (Å²) in [5.74, 6) is -0.312. The molecule has 9 nitrogen and oxygen atoms in total. The summed E-state index contributed by atoms with van der Waals surface area (Å²) in [6.45, 7) is 5.66. The number of benzene rings is 2. The van der Waals surface area contributed by atoms with Gasteiger partial charge in [-0.05, 0) is 57.0 Å². The summed E-state index contributed by atoms with van der Waals surface area (Å²) >= 11 is 0. The average Bonchev–Trinajstić information content (AvgIpc) is 3.72. The number of nitrogens with zero attached hydrogens (tertiary/aromatic N) is 2. The van der Waals surface area contributed by atoms with E-state index >= 15 is 0 Å². The lowest BCUT2D eigenvalue weighted by atomic mass is 9.99. The summed E-state index contributed by atoms with van der Waals surface area (Å²) < 4.78 is 34.0. The van der Waals surface area contributed by atoms with Crippen molar-refractivity contribution >= 4 is 27.5 Å². The summed E-state index contributed by atoms with van der Waals surface area (Å²) in [5, 5.41) is 12.7. The van der Waals surface area contributed by atoms with Gasteiger partial charge in [0.05, 0.1) is 29.7 Å². The molecule has 0 radical (unpaired) electrons. The van der Waals surface area contributed by atoms with E-state index in [4.69, 9.17) is 4.74 Å². The van der Waals surface area contributed by atoms with Gasteiger partial charge in [-0.1, -0.05) is 24.6 Å². The number of likely N-dealkylation sites (N-methyl/N-ethyl adjacent to an activating group) is 1. The van der Waals surface area contributed by atoms with Gasteiger partial charge in [0, 0.05) is 31.1 Å². The van der Waals surface area contributed by atoms with E-state index < -0.39 is 22.2 Å². The van der Waals surface area contributed by atoms with Crippen molar-refractivity contribution < 1.29 is 27.9 Å². The number of carbonyl (C=O) groups excluding carboxylic acids is 2. The average molecular weight is 530 g/mol. The van der Waals surface area contributed by atoms with Gasteiger partial charge >= 0.3 is 0 Å². The second kappa shape index (κ2) is 10.8. The van der Waals surface area contributed by atoms with Crippen LogP contribution in [0.3, 0.4) is 0 Å². The highest BCUT2D eigenvalue weighted by molar-refractivity contribution is 7.89. The third-order valence-electron chi connectivity index (χ3n) is 7.05. The third-order valence-corrected chi connectivity index (χ3v) is 8.88. The number of amides is 2. The Hall–Kier alpha value is -2.95. The summed E-state index contributed by atoms with van der Waals surface area (Å²) in [7, 11) is -2.24. The topological polar surface area (TPSA) is 116 Å². The van der Waals surface area contributed by atoms with Gasteiger partial charge in [0.2, 0.25) is 15.9 Å². The van der Waals surface area contributed by atoms with Gasteiger partial charge < -0.3 is 20.1 Å². The highest BCUT2D eigenvalue weighted by Crippen LogP contribution is 2.33. The first-order valence-corrected chi connectivity index (χ1v) is 14.0. The van der Waals surface area contributed by atoms with Crippen LogP contribution >= 0.6 is 0 Å². The van der Waals surface area contributed by atoms with Gasteiger partial charge in [-0.2, -0.15) is 4.31 Å². The number of fused-ring (bicyclic) bond motifs is 1. The molecule has 37 heavy (non-hydrogen) atoms. The molecule has 2 aromatic carbocycles. The number of carbonyl (C=O) groups is 2. The van der Waals surface area contributed by atoms with Crippen molar-refractivity contribution in [1.82, 2.24) is 9.21 Å². The summed E-state index contributed by atoms with van der Waals surface area (Å²) in [5.41, 5.74) is 1.72. The van der Waals surface area contributed by atoms with Gasteiger partial charge in [-0.15, -0.1) is 0 Å². The molecule has 2 amide bonds. The Balaban J connectivity index is 1.64. The first kappa shape index (κ1) is 27.1. The first-order valence-electron chi connectivity index (χ1n) is 12.6. The number of hydrogen-bond donors (Lipinski definition) is 2. The minimum absolute atomic E-state index is 0.0103. The summed E-state index contributed by atoms with van der Waals surface area (Å²) in [6, 6.07) is 11.1. The molecule has 0 unspecified atom stereocenters. The van der Waals surface area contributed by atoms with Gasteiger partial charge in [0.1, 0.15) is 11.9 Å². The fraction of sp³-hybridized carbons (Fsp3) is 0.481. The van der Waals surface area contributed by atoms with Crippen LogP contribution in [0.2, 0.25) is 0 Å². The van der Waals surface area contributed by atoms with Crippen molar-refractivity contribution in [3.8, 4) is 5.75 Å². The van der Waals surface area contributed by atoms with Crippen molar-refractivity contribution in [3.63, 3.8) is 0 Å². The van der Waals surface area contributed by atoms with E-state index in [2.05, 4.69) is 5.32 Å². The molecule has 1 fully saturated rings. The molecule has 2 N–H and O–H groups in total. The van der Waals surface area contributed by atoms with Crippen LogP contribution in [0, 0.1) is 18.8 Å². The molecule has 2 aromatic rings. The van der Waals surface area contributed by atoms with Crippen LogP contribution in [0.15, 0.2) is 47.4 Å². The lowest BCUT2D eigenvalue weighted by molar-refractivity contribution is -0.117. The van der Waals surface area contributed by atoms with Crippen LogP contribution in [0.1, 0.15) is 42.6 Å². The second-order valence-corrected chi connectivity index (χ2v) is 12.2. The maximum absolute atomic E-state index is 13.5. The quantitative estimate of drug-likeness (QED) is 0.543. The van der Waals surface area contributed by atoms with Crippen molar-refractivity contribution in [2.75, 3.05) is 32.1 Å². The fourth-order valence-electron chi connectivity index (χ4n) is 4.35. The van der Waals surface area contributed by atoms with Crippen molar-refractivity contribution in [2.45, 2.75) is 50.7 Å². The van der Waals surface area contributed by atoms with E-state index in [9.17, 15) is 23.1 Å². The molecule has 4 rings (SSSR count). The molecule has 0 aromatic heterocycles. The van der Waals surface area contributed by atoms with Gasteiger partial charge in [-0.25, -0.2) is 8.42 Å². The zero-order valence-electron chi connectivity index (χ0n) is 21.7. The number of aliphatic hydroxyl groups is 1. The predicted molar refractivity (Wildman–Crippen MR) is 140 cm³/mol. The Bertz CT molecular complexity index is 1260. The molecule has 200 valence electrons. The standard InChI is InChI=1S/C27H35N3O6S/c1-17-5-10-22(11-6-17)37(34,35)29(4)15-25-18(2)14-30(19(3)16-31)27(33)23-13-21(9-12-24(23)36-25)28-26(32)20-7-8-20/h5-6,9-13,18-20,25,31H,7-8,14-16H2,1-4H3,(H,28,32)/t18-,19-,25+/m1/s1. The number of rotatable bonds is 8. The Morgan fingerprint density at radius 3 is 2.51 bits per heavy atom. The van der Waals surface area contributed by atoms with E-state index in [0.29, 0.717) is 11.4 Å². The Labute approximate surface area is 218 Å². The number of sulfonamides is 1. The smallest absolute Gasteiger partial charge is 0.258 e. The van der Waals surface area contributed by atoms with E-state index in [1.807, 2.05) is 13.8 Å². The summed E-state index contributed by atoms with van der Waals surface area (Å²) in [6.07, 6.45) is 1.15. The molecular formula is C27H35N3O6S. The monoisotopic (exact) mass is 529 g/mol. The van der Waals surface area contributed by atoms with Crippen molar-refractivity contribution in [3.05, 3.63) is 53.6 Å². The van der Waals surface area contributed by atoms with Crippen LogP contribution < -0.4 is 10.1 Å². The lowest BCUT2D eigenvalue weighted by Crippen LogP contribution is -2.50. The number of nitrogens with one attached hydrogen (secondary N) is 1. The van der Waals surface area contributed by atoms with Crippen molar-refractivity contribution in [2.24, 2.45) is 11.8 Å². The molecule has 1 aliphatic carbocycles. The molecule has 3 atom stereocenters. The minimum Gasteiger partial charge on any atom is -0.488 e. The van der Waals surface area contributed by atoms with Crippen LogP contribution in [0.25, 0.3) is 0 Å². The van der Waals surface area contributed by atoms with Crippen LogP contribution in [0.5, 0.6) is 5.75 Å². The van der Waals surface area contributed by atoms with E-state index in [-0.39, 0.29) is 53.8 Å². The van der Waals surface area contributed by atoms with Crippen LogP contribution in [0.4, 0.5) is 5.69 Å². The maximum Gasteiger partial charge on any atom is 0.258 e. The molecule has 0 saturated heterocycles. The number of hydrogen-bond acceptors (Lipinski definition) is 6. The molecule has 0 bridgehead atoms. The molecule has 2 aliphatic rings. The lowest BCUT2D eigenvalue weighted by Gasteiger charge is -2.38. The zero-order valence-corrected chi connectivity index (χ0v) is 22.5. The van der Waals surface area contributed by atoms with Gasteiger partial charge in [-0.3, -0.25) is 9.59 Å². The SMILES string of the molecule is Cc1ccc(S(=O)(=O)N(C)C[C@@H]2Oc3ccc(NC(=O)C4CC4)cc3C(=O)N([C@H](C)CO)C[C@H]2C)cc1. The number of ether oxygens (including phenoxy) is 1. The second-order valence-electron chi connectivity index (χ2n) is 10.2. The van der Waals surface area contributed by atoms with Crippen LogP contribution in [-0.2, 0) is 14.8 Å². The largest absolute Gasteiger partial charge is 0.488 e. The Morgan fingerprint density at radius 2 is 1.89 bits per heavy atom. The third kappa shape index (κ3) is 5.97. The summed E-state index contributed by atoms with van der Waals surface area (Å²) in [4.78, 5) is 27.6. The molecule has 1 aliphatic heterocycles. The molecule has 1 saturated carbocycles. The molecular weight excluding hydrogens is 494 g/mol. The zero-order chi connectivity index (χ0) is 26.9. The Kier molecular flexibility index (Phi) is 7.91. The maximum atomic E-state index is 13.5. The van der Waals surface area contributed by atoms with Gasteiger partial charge in [0.25, 0.3) is 5.91 Å². The van der Waals surface area contributed by atoms with Crippen molar-refractivity contribution in [1.29, 1.82) is 0 Å². The normalized spacial score (nSPS) is 21.0. The molecule has 10 heteroatoms. The highest BCUT2D eigenvalue weighted by Gasteiger charge is 2.36. The highest BCUT2D eigenvalue weighted by atomic mass is 32.2. The predicted octanol–water partition coefficient (Wildman–Crippen LogP) is 2.88. The minimum atomic E-state index is -3.76. The number of aryl methyl sites for hydroxylation is 1. The van der Waals surface area contributed by atoms with Gasteiger partial charge in [0.15, 0.2) is 0 Å². The number of anilines is 1. The van der Waals surface area contributed by atoms with E-state index in [1.54, 1.807) is 54.3 Å².